The maximum Gasteiger partial charge on any atom is 0.220 e. The van der Waals surface area contributed by atoms with Crippen molar-refractivity contribution < 1.29 is 9.21 Å². The Labute approximate surface area is 77.3 Å². The summed E-state index contributed by atoms with van der Waals surface area (Å²) in [5.74, 6) is 1.38. The number of aryl methyl sites for hydroxylation is 2. The Balaban J connectivity index is 2.50. The molecule has 0 aliphatic heterocycles. The summed E-state index contributed by atoms with van der Waals surface area (Å²) >= 11 is 0. The van der Waals surface area contributed by atoms with Crippen LogP contribution in [0.25, 0.3) is 0 Å². The van der Waals surface area contributed by atoms with Crippen LogP contribution in [0.3, 0.4) is 0 Å². The van der Waals surface area contributed by atoms with Gasteiger partial charge in [-0.3, -0.25) is 4.79 Å². The van der Waals surface area contributed by atoms with Crippen molar-refractivity contribution in [3.05, 3.63) is 17.3 Å². The van der Waals surface area contributed by atoms with Crippen molar-refractivity contribution in [3.63, 3.8) is 0 Å². The topological polar surface area (TPSA) is 55.1 Å². The molecule has 1 aromatic rings. The molecule has 0 radical (unpaired) electrons. The Morgan fingerprint density at radius 3 is 2.69 bits per heavy atom. The average molecular weight is 182 g/mol. The predicted molar refractivity (Wildman–Crippen MR) is 48.1 cm³/mol. The highest BCUT2D eigenvalue weighted by molar-refractivity contribution is 5.75. The fraction of sp³-hybridized carbons (Fsp3) is 0.556. The van der Waals surface area contributed by atoms with E-state index in [1.165, 1.54) is 0 Å². The highest BCUT2D eigenvalue weighted by Gasteiger charge is 2.05. The van der Waals surface area contributed by atoms with E-state index in [1.54, 1.807) is 6.92 Å². The van der Waals surface area contributed by atoms with E-state index in [0.29, 0.717) is 18.9 Å². The van der Waals surface area contributed by atoms with E-state index in [-0.39, 0.29) is 5.91 Å². The summed E-state index contributed by atoms with van der Waals surface area (Å²) in [5, 5.41) is 2.69. The SMILES string of the molecule is CCC(=O)NCc1nc(C)c(C)o1. The average Bonchev–Trinajstić information content (AvgIpc) is 2.42. The largest absolute Gasteiger partial charge is 0.444 e. The molecular weight excluding hydrogens is 168 g/mol. The third-order valence-corrected chi connectivity index (χ3v) is 1.83. The highest BCUT2D eigenvalue weighted by Crippen LogP contribution is 2.07. The van der Waals surface area contributed by atoms with E-state index >= 15 is 0 Å². The van der Waals surface area contributed by atoms with Gasteiger partial charge in [0.15, 0.2) is 0 Å². The first-order valence-electron chi connectivity index (χ1n) is 4.33. The second-order valence-corrected chi connectivity index (χ2v) is 2.88. The van der Waals surface area contributed by atoms with Crippen LogP contribution in [0, 0.1) is 13.8 Å². The van der Waals surface area contributed by atoms with Crippen molar-refractivity contribution >= 4 is 5.91 Å². The van der Waals surface area contributed by atoms with E-state index < -0.39 is 0 Å². The van der Waals surface area contributed by atoms with E-state index in [4.69, 9.17) is 4.42 Å². The Hall–Kier alpha value is -1.32. The third-order valence-electron chi connectivity index (χ3n) is 1.83. The number of rotatable bonds is 3. The molecule has 72 valence electrons. The normalized spacial score (nSPS) is 10.1. The molecule has 0 fully saturated rings. The molecule has 1 rings (SSSR count). The van der Waals surface area contributed by atoms with Crippen LogP contribution in [0.5, 0.6) is 0 Å². The Bertz CT molecular complexity index is 285. The molecule has 13 heavy (non-hydrogen) atoms. The summed E-state index contributed by atoms with van der Waals surface area (Å²) in [4.78, 5) is 15.0. The lowest BCUT2D eigenvalue weighted by Crippen LogP contribution is -2.21. The molecule has 0 aliphatic carbocycles. The van der Waals surface area contributed by atoms with Gasteiger partial charge < -0.3 is 9.73 Å². The molecule has 1 amide bonds. The van der Waals surface area contributed by atoms with Crippen molar-refractivity contribution in [3.8, 4) is 0 Å². The highest BCUT2D eigenvalue weighted by atomic mass is 16.4. The van der Waals surface area contributed by atoms with Crippen LogP contribution in [0.4, 0.5) is 0 Å². The fourth-order valence-corrected chi connectivity index (χ4v) is 0.914. The van der Waals surface area contributed by atoms with Gasteiger partial charge in [-0.15, -0.1) is 0 Å². The zero-order valence-electron chi connectivity index (χ0n) is 8.18. The first-order chi connectivity index (χ1) is 6.13. The molecule has 1 heterocycles. The van der Waals surface area contributed by atoms with Crippen LogP contribution in [-0.4, -0.2) is 10.9 Å². The third kappa shape index (κ3) is 2.57. The fourth-order valence-electron chi connectivity index (χ4n) is 0.914. The van der Waals surface area contributed by atoms with Gasteiger partial charge >= 0.3 is 0 Å². The quantitative estimate of drug-likeness (QED) is 0.767. The van der Waals surface area contributed by atoms with Gasteiger partial charge in [-0.05, 0) is 13.8 Å². The number of nitrogens with zero attached hydrogens (tertiary/aromatic N) is 1. The van der Waals surface area contributed by atoms with E-state index in [0.717, 1.165) is 11.5 Å². The van der Waals surface area contributed by atoms with E-state index in [2.05, 4.69) is 10.3 Å². The summed E-state index contributed by atoms with van der Waals surface area (Å²) in [6.07, 6.45) is 0.485. The Morgan fingerprint density at radius 1 is 1.54 bits per heavy atom. The number of aromatic nitrogens is 1. The van der Waals surface area contributed by atoms with Gasteiger partial charge in [0.05, 0.1) is 12.2 Å². The zero-order valence-corrected chi connectivity index (χ0v) is 8.18. The maximum atomic E-state index is 10.9. The molecule has 0 spiro atoms. The second kappa shape index (κ2) is 4.07. The molecule has 1 N–H and O–H groups in total. The number of hydrogen-bond acceptors (Lipinski definition) is 3. The Morgan fingerprint density at radius 2 is 2.23 bits per heavy atom. The number of nitrogens with one attached hydrogen (secondary N) is 1. The molecule has 0 unspecified atom stereocenters. The second-order valence-electron chi connectivity index (χ2n) is 2.88. The summed E-state index contributed by atoms with van der Waals surface area (Å²) in [6, 6.07) is 0. The zero-order chi connectivity index (χ0) is 9.84. The van der Waals surface area contributed by atoms with Gasteiger partial charge in [0.25, 0.3) is 0 Å². The standard InChI is InChI=1S/C9H14N2O2/c1-4-8(12)10-5-9-11-6(2)7(3)13-9/h4-5H2,1-3H3,(H,10,12). The number of hydrogen-bond donors (Lipinski definition) is 1. The lowest BCUT2D eigenvalue weighted by atomic mass is 10.4. The van der Waals surface area contributed by atoms with Crippen LogP contribution >= 0.6 is 0 Å². The smallest absolute Gasteiger partial charge is 0.220 e. The van der Waals surface area contributed by atoms with Gasteiger partial charge in [0.2, 0.25) is 11.8 Å². The van der Waals surface area contributed by atoms with Crippen LogP contribution < -0.4 is 5.32 Å². The molecule has 0 aliphatic rings. The van der Waals surface area contributed by atoms with Gasteiger partial charge in [-0.2, -0.15) is 0 Å². The molecular formula is C9H14N2O2. The van der Waals surface area contributed by atoms with E-state index in [9.17, 15) is 4.79 Å². The van der Waals surface area contributed by atoms with Crippen LogP contribution in [-0.2, 0) is 11.3 Å². The van der Waals surface area contributed by atoms with Crippen molar-refractivity contribution in [2.24, 2.45) is 0 Å². The van der Waals surface area contributed by atoms with Crippen molar-refractivity contribution in [1.82, 2.24) is 10.3 Å². The monoisotopic (exact) mass is 182 g/mol. The van der Waals surface area contributed by atoms with Crippen molar-refractivity contribution in [1.29, 1.82) is 0 Å². The summed E-state index contributed by atoms with van der Waals surface area (Å²) in [5.41, 5.74) is 0.876. The lowest BCUT2D eigenvalue weighted by molar-refractivity contribution is -0.121. The van der Waals surface area contributed by atoms with Gasteiger partial charge in [0.1, 0.15) is 5.76 Å². The molecule has 1 aromatic heterocycles. The van der Waals surface area contributed by atoms with Crippen LogP contribution in [0.15, 0.2) is 4.42 Å². The molecule has 0 bridgehead atoms. The minimum atomic E-state index is 0.00788. The molecule has 4 nitrogen and oxygen atoms in total. The van der Waals surface area contributed by atoms with Gasteiger partial charge in [-0.1, -0.05) is 6.92 Å². The first kappa shape index (κ1) is 9.77. The van der Waals surface area contributed by atoms with Crippen LogP contribution in [0.1, 0.15) is 30.7 Å². The molecule has 4 heteroatoms. The van der Waals surface area contributed by atoms with E-state index in [1.807, 2.05) is 13.8 Å². The summed E-state index contributed by atoms with van der Waals surface area (Å²) in [7, 11) is 0. The summed E-state index contributed by atoms with van der Waals surface area (Å²) in [6.45, 7) is 5.92. The number of oxazole rings is 1. The molecule has 0 aromatic carbocycles. The van der Waals surface area contributed by atoms with Crippen molar-refractivity contribution in [2.45, 2.75) is 33.7 Å². The minimum Gasteiger partial charge on any atom is -0.444 e. The lowest BCUT2D eigenvalue weighted by Gasteiger charge is -1.97. The predicted octanol–water partition coefficient (Wildman–Crippen LogP) is 1.32. The number of amides is 1. The van der Waals surface area contributed by atoms with Gasteiger partial charge in [-0.25, -0.2) is 4.98 Å². The number of carbonyl (C=O) groups excluding carboxylic acids is 1. The molecule has 0 saturated carbocycles. The first-order valence-corrected chi connectivity index (χ1v) is 4.33. The van der Waals surface area contributed by atoms with Gasteiger partial charge in [0, 0.05) is 6.42 Å². The maximum absolute atomic E-state index is 10.9. The molecule has 0 saturated heterocycles. The summed E-state index contributed by atoms with van der Waals surface area (Å²) < 4.78 is 5.28. The van der Waals surface area contributed by atoms with Crippen molar-refractivity contribution in [2.75, 3.05) is 0 Å². The minimum absolute atomic E-state index is 0.00788. The molecule has 0 atom stereocenters. The van der Waals surface area contributed by atoms with Crippen LogP contribution in [0.2, 0.25) is 0 Å². The Kier molecular flexibility index (Phi) is 3.06. The number of carbonyl (C=O) groups is 1.